The summed E-state index contributed by atoms with van der Waals surface area (Å²) < 4.78 is 0. The monoisotopic (exact) mass is 337 g/mol. The Morgan fingerprint density at radius 3 is 2.90 bits per heavy atom. The molecule has 0 aliphatic heterocycles. The van der Waals surface area contributed by atoms with Gasteiger partial charge in [-0.15, -0.1) is 23.1 Å². The van der Waals surface area contributed by atoms with Gasteiger partial charge in [0.15, 0.2) is 0 Å². The van der Waals surface area contributed by atoms with Crippen molar-refractivity contribution >= 4 is 40.3 Å². The number of nitrogens with one attached hydrogen (secondary N) is 1. The van der Waals surface area contributed by atoms with Gasteiger partial charge in [0.05, 0.1) is 12.3 Å². The van der Waals surface area contributed by atoms with Crippen LogP contribution >= 0.6 is 34.4 Å². The minimum atomic E-state index is 0.164. The van der Waals surface area contributed by atoms with Crippen molar-refractivity contribution in [2.24, 2.45) is 0 Å². The van der Waals surface area contributed by atoms with E-state index in [1.54, 1.807) is 22.7 Å². The highest BCUT2D eigenvalue weighted by molar-refractivity contribution is 8.00. The summed E-state index contributed by atoms with van der Waals surface area (Å²) in [7, 11) is 0. The average Bonchev–Trinajstić information content (AvgIpc) is 3.24. The highest BCUT2D eigenvalue weighted by Gasteiger charge is 2.16. The second-order valence-electron chi connectivity index (χ2n) is 5.31. The van der Waals surface area contributed by atoms with Gasteiger partial charge in [0.25, 0.3) is 0 Å². The lowest BCUT2D eigenvalue weighted by Gasteiger charge is -2.08. The summed E-state index contributed by atoms with van der Waals surface area (Å²) >= 11 is 5.25. The van der Waals surface area contributed by atoms with Gasteiger partial charge in [-0.05, 0) is 52.2 Å². The molecule has 0 saturated heterocycles. The number of carbonyl (C=O) groups excluding carboxylic acids is 1. The lowest BCUT2D eigenvalue weighted by Crippen LogP contribution is -2.24. The molecule has 5 heteroatoms. The van der Waals surface area contributed by atoms with Crippen LogP contribution in [-0.4, -0.2) is 16.9 Å². The van der Waals surface area contributed by atoms with Crippen LogP contribution in [0.15, 0.2) is 28.3 Å². The van der Waals surface area contributed by atoms with Gasteiger partial charge in [-0.2, -0.15) is 11.3 Å². The maximum atomic E-state index is 11.9. The zero-order valence-corrected chi connectivity index (χ0v) is 14.3. The van der Waals surface area contributed by atoms with E-state index >= 15 is 0 Å². The first-order valence-electron chi connectivity index (χ1n) is 7.29. The molecular formula is C16H19NOS3. The quantitative estimate of drug-likeness (QED) is 0.823. The molecule has 1 amide bonds. The topological polar surface area (TPSA) is 29.1 Å². The van der Waals surface area contributed by atoms with Crippen LogP contribution in [0.2, 0.25) is 0 Å². The Balaban J connectivity index is 1.43. The van der Waals surface area contributed by atoms with Crippen LogP contribution in [0.25, 0.3) is 11.1 Å². The maximum Gasteiger partial charge on any atom is 0.230 e. The summed E-state index contributed by atoms with van der Waals surface area (Å²) in [6, 6.07) is 4.31. The second-order valence-corrected chi connectivity index (χ2v) is 8.37. The van der Waals surface area contributed by atoms with E-state index in [4.69, 9.17) is 0 Å². The fraction of sp³-hybridized carbons (Fsp3) is 0.438. The van der Waals surface area contributed by atoms with Crippen LogP contribution in [0.3, 0.4) is 0 Å². The number of rotatable bonds is 6. The van der Waals surface area contributed by atoms with E-state index in [-0.39, 0.29) is 5.91 Å². The van der Waals surface area contributed by atoms with Gasteiger partial charge in [0.1, 0.15) is 0 Å². The SMILES string of the molecule is O=C(CSC1CCCC1)NCc1cc(-c2ccsc2)cs1. The van der Waals surface area contributed by atoms with Gasteiger partial charge in [0, 0.05) is 10.1 Å². The van der Waals surface area contributed by atoms with Crippen molar-refractivity contribution in [1.29, 1.82) is 0 Å². The molecule has 2 heterocycles. The van der Waals surface area contributed by atoms with Crippen LogP contribution in [0.1, 0.15) is 30.6 Å². The molecule has 2 aromatic rings. The van der Waals surface area contributed by atoms with Crippen LogP contribution in [0.4, 0.5) is 0 Å². The Labute approximate surface area is 138 Å². The molecule has 1 N–H and O–H groups in total. The molecule has 1 aliphatic carbocycles. The van der Waals surface area contributed by atoms with E-state index in [0.29, 0.717) is 17.5 Å². The van der Waals surface area contributed by atoms with Crippen molar-refractivity contribution in [1.82, 2.24) is 5.32 Å². The Hall–Kier alpha value is -0.780. The van der Waals surface area contributed by atoms with E-state index in [0.717, 1.165) is 0 Å². The first kappa shape index (κ1) is 15.1. The molecule has 0 bridgehead atoms. The molecule has 1 fully saturated rings. The largest absolute Gasteiger partial charge is 0.350 e. The first-order valence-corrected chi connectivity index (χ1v) is 10.2. The number of hydrogen-bond acceptors (Lipinski definition) is 4. The van der Waals surface area contributed by atoms with E-state index < -0.39 is 0 Å². The molecule has 112 valence electrons. The van der Waals surface area contributed by atoms with Gasteiger partial charge >= 0.3 is 0 Å². The molecule has 21 heavy (non-hydrogen) atoms. The highest BCUT2D eigenvalue weighted by Crippen LogP contribution is 2.29. The maximum absolute atomic E-state index is 11.9. The first-order chi connectivity index (χ1) is 10.3. The lowest BCUT2D eigenvalue weighted by atomic mass is 10.2. The highest BCUT2D eigenvalue weighted by atomic mass is 32.2. The number of thioether (sulfide) groups is 1. The zero-order chi connectivity index (χ0) is 14.5. The summed E-state index contributed by atoms with van der Waals surface area (Å²) in [6.45, 7) is 0.652. The van der Waals surface area contributed by atoms with Crippen molar-refractivity contribution in [3.05, 3.63) is 33.2 Å². The Bertz CT molecular complexity index is 570. The normalized spacial score (nSPS) is 15.4. The third-order valence-electron chi connectivity index (χ3n) is 3.72. The van der Waals surface area contributed by atoms with Gasteiger partial charge in [0.2, 0.25) is 5.91 Å². The Kier molecular flexibility index (Phi) is 5.38. The van der Waals surface area contributed by atoms with Crippen LogP contribution in [-0.2, 0) is 11.3 Å². The van der Waals surface area contributed by atoms with Crippen LogP contribution < -0.4 is 5.32 Å². The van der Waals surface area contributed by atoms with E-state index in [9.17, 15) is 4.79 Å². The minimum Gasteiger partial charge on any atom is -0.350 e. The lowest BCUT2D eigenvalue weighted by molar-refractivity contribution is -0.118. The molecule has 3 rings (SSSR count). The fourth-order valence-corrected chi connectivity index (χ4v) is 5.19. The molecular weight excluding hydrogens is 318 g/mol. The summed E-state index contributed by atoms with van der Waals surface area (Å²) in [5.74, 6) is 0.769. The number of carbonyl (C=O) groups is 1. The van der Waals surface area contributed by atoms with Gasteiger partial charge in [-0.1, -0.05) is 12.8 Å². The molecule has 0 aromatic carbocycles. The Morgan fingerprint density at radius 1 is 1.29 bits per heavy atom. The van der Waals surface area contributed by atoms with Crippen molar-refractivity contribution in [3.8, 4) is 11.1 Å². The van der Waals surface area contributed by atoms with Gasteiger partial charge < -0.3 is 5.32 Å². The third kappa shape index (κ3) is 4.34. The van der Waals surface area contributed by atoms with Crippen molar-refractivity contribution < 1.29 is 4.79 Å². The standard InChI is InChI=1S/C16H19NOS3/c18-16(11-21-14-3-1-2-4-14)17-8-15-7-13(10-20-15)12-5-6-19-9-12/h5-7,9-10,14H,1-4,8,11H2,(H,17,18). The van der Waals surface area contributed by atoms with Gasteiger partial charge in [-0.25, -0.2) is 0 Å². The third-order valence-corrected chi connectivity index (χ3v) is 6.71. The average molecular weight is 338 g/mol. The van der Waals surface area contributed by atoms with Crippen molar-refractivity contribution in [3.63, 3.8) is 0 Å². The molecule has 0 atom stereocenters. The van der Waals surface area contributed by atoms with Gasteiger partial charge in [-0.3, -0.25) is 4.79 Å². The minimum absolute atomic E-state index is 0.164. The molecule has 0 unspecified atom stereocenters. The summed E-state index contributed by atoms with van der Waals surface area (Å²) in [4.78, 5) is 13.1. The summed E-state index contributed by atoms with van der Waals surface area (Å²) in [6.07, 6.45) is 5.24. The predicted octanol–water partition coefficient (Wildman–Crippen LogP) is 4.77. The van der Waals surface area contributed by atoms with E-state index in [1.807, 2.05) is 11.8 Å². The van der Waals surface area contributed by atoms with Crippen LogP contribution in [0, 0.1) is 0 Å². The molecule has 0 spiro atoms. The zero-order valence-electron chi connectivity index (χ0n) is 11.8. The Morgan fingerprint density at radius 2 is 2.14 bits per heavy atom. The summed E-state index contributed by atoms with van der Waals surface area (Å²) in [5.41, 5.74) is 2.52. The van der Waals surface area contributed by atoms with E-state index in [2.05, 4.69) is 33.6 Å². The number of thiophene rings is 2. The number of amides is 1. The summed E-state index contributed by atoms with van der Waals surface area (Å²) in [5, 5.41) is 10.2. The molecule has 2 aromatic heterocycles. The van der Waals surface area contributed by atoms with E-state index in [1.165, 1.54) is 41.7 Å². The van der Waals surface area contributed by atoms with Crippen LogP contribution in [0.5, 0.6) is 0 Å². The number of hydrogen-bond donors (Lipinski definition) is 1. The molecule has 0 radical (unpaired) electrons. The van der Waals surface area contributed by atoms with Crippen molar-refractivity contribution in [2.75, 3.05) is 5.75 Å². The fourth-order valence-electron chi connectivity index (χ4n) is 2.54. The molecule has 1 aliphatic rings. The second kappa shape index (κ2) is 7.47. The molecule has 2 nitrogen and oxygen atoms in total. The molecule has 1 saturated carbocycles. The predicted molar refractivity (Wildman–Crippen MR) is 94.2 cm³/mol. The van der Waals surface area contributed by atoms with Crippen molar-refractivity contribution in [2.45, 2.75) is 37.5 Å². The smallest absolute Gasteiger partial charge is 0.230 e.